The zero-order chi connectivity index (χ0) is 15.0. The van der Waals surface area contributed by atoms with Gasteiger partial charge in [-0.15, -0.1) is 0 Å². The Kier molecular flexibility index (Phi) is 3.02. The lowest BCUT2D eigenvalue weighted by Gasteiger charge is -2.02. The van der Waals surface area contributed by atoms with E-state index in [0.29, 0.717) is 28.0 Å². The van der Waals surface area contributed by atoms with E-state index in [4.69, 9.17) is 9.15 Å². The molecule has 5 heteroatoms. The third kappa shape index (κ3) is 2.29. The first-order chi connectivity index (χ1) is 10.1. The maximum Gasteiger partial charge on any atom is 0.368 e. The van der Waals surface area contributed by atoms with E-state index >= 15 is 0 Å². The third-order valence-corrected chi connectivity index (χ3v) is 3.19. The summed E-state index contributed by atoms with van der Waals surface area (Å²) in [6, 6.07) is 10.9. The second-order valence-corrected chi connectivity index (χ2v) is 4.56. The SMILES string of the molecule is COc1ccc(-c2ccc3c(O)cc(O)cc3[o+]2)cc1O. The molecule has 0 atom stereocenters. The molecule has 0 aliphatic carbocycles. The van der Waals surface area contributed by atoms with Gasteiger partial charge in [0.15, 0.2) is 11.5 Å². The van der Waals surface area contributed by atoms with Gasteiger partial charge in [0.2, 0.25) is 0 Å². The number of benzene rings is 2. The molecular formula is C16H13O5+. The van der Waals surface area contributed by atoms with Gasteiger partial charge in [-0.05, 0) is 18.2 Å². The minimum absolute atomic E-state index is 0.00375. The Morgan fingerprint density at radius 2 is 1.71 bits per heavy atom. The van der Waals surface area contributed by atoms with Gasteiger partial charge in [0.25, 0.3) is 0 Å². The minimum atomic E-state index is -0.0847. The second kappa shape index (κ2) is 4.86. The molecule has 0 fully saturated rings. The monoisotopic (exact) mass is 285 g/mol. The maximum absolute atomic E-state index is 9.81. The van der Waals surface area contributed by atoms with Crippen LogP contribution in [0.4, 0.5) is 0 Å². The lowest BCUT2D eigenvalue weighted by molar-refractivity contribution is 0.373. The first-order valence-electron chi connectivity index (χ1n) is 6.24. The van der Waals surface area contributed by atoms with E-state index in [-0.39, 0.29) is 17.2 Å². The Balaban J connectivity index is 2.15. The van der Waals surface area contributed by atoms with Gasteiger partial charge in [-0.3, -0.25) is 0 Å². The van der Waals surface area contributed by atoms with Gasteiger partial charge in [-0.1, -0.05) is 0 Å². The molecule has 0 aliphatic rings. The summed E-state index contributed by atoms with van der Waals surface area (Å²) in [5, 5.41) is 29.6. The van der Waals surface area contributed by atoms with Crippen LogP contribution in [0.1, 0.15) is 0 Å². The fourth-order valence-electron chi connectivity index (χ4n) is 2.16. The number of ether oxygens (including phenoxy) is 1. The van der Waals surface area contributed by atoms with Crippen LogP contribution in [0.3, 0.4) is 0 Å². The second-order valence-electron chi connectivity index (χ2n) is 4.56. The summed E-state index contributed by atoms with van der Waals surface area (Å²) in [6.45, 7) is 0. The minimum Gasteiger partial charge on any atom is -0.507 e. The van der Waals surface area contributed by atoms with Crippen molar-refractivity contribution in [2.24, 2.45) is 0 Å². The van der Waals surface area contributed by atoms with Crippen LogP contribution in [-0.4, -0.2) is 22.4 Å². The van der Waals surface area contributed by atoms with Crippen molar-refractivity contribution in [3.63, 3.8) is 0 Å². The maximum atomic E-state index is 9.81. The predicted molar refractivity (Wildman–Crippen MR) is 77.6 cm³/mol. The van der Waals surface area contributed by atoms with Crippen LogP contribution in [0.2, 0.25) is 0 Å². The molecule has 0 radical (unpaired) electrons. The number of rotatable bonds is 2. The fraction of sp³-hybridized carbons (Fsp3) is 0.0625. The Morgan fingerprint density at radius 3 is 2.43 bits per heavy atom. The average Bonchev–Trinajstić information content (AvgIpc) is 2.46. The van der Waals surface area contributed by atoms with Crippen LogP contribution in [0, 0.1) is 0 Å². The van der Waals surface area contributed by atoms with Crippen LogP contribution in [0.25, 0.3) is 22.3 Å². The Bertz CT molecular complexity index is 826. The van der Waals surface area contributed by atoms with Crippen molar-refractivity contribution in [2.75, 3.05) is 7.11 Å². The van der Waals surface area contributed by atoms with Gasteiger partial charge in [-0.25, -0.2) is 4.42 Å². The normalized spacial score (nSPS) is 10.7. The first kappa shape index (κ1) is 13.1. The molecule has 3 N–H and O–H groups in total. The zero-order valence-electron chi connectivity index (χ0n) is 11.2. The van der Waals surface area contributed by atoms with E-state index in [1.54, 1.807) is 24.3 Å². The third-order valence-electron chi connectivity index (χ3n) is 3.19. The molecule has 0 amide bonds. The number of phenols is 3. The van der Waals surface area contributed by atoms with Crippen LogP contribution in [0.15, 0.2) is 46.9 Å². The Labute approximate surface area is 120 Å². The van der Waals surface area contributed by atoms with Crippen molar-refractivity contribution in [1.82, 2.24) is 0 Å². The van der Waals surface area contributed by atoms with Gasteiger partial charge in [0.1, 0.15) is 16.9 Å². The molecule has 5 nitrogen and oxygen atoms in total. The molecule has 2 aromatic carbocycles. The first-order valence-corrected chi connectivity index (χ1v) is 6.24. The summed E-state index contributed by atoms with van der Waals surface area (Å²) < 4.78 is 10.7. The fourth-order valence-corrected chi connectivity index (χ4v) is 2.16. The highest BCUT2D eigenvalue weighted by atomic mass is 16.5. The number of hydrogen-bond acceptors (Lipinski definition) is 4. The van der Waals surface area contributed by atoms with Gasteiger partial charge in [0.05, 0.1) is 18.7 Å². The molecule has 0 saturated heterocycles. The van der Waals surface area contributed by atoms with Gasteiger partial charge >= 0.3 is 11.3 Å². The van der Waals surface area contributed by atoms with E-state index in [0.717, 1.165) is 0 Å². The average molecular weight is 285 g/mol. The molecule has 0 unspecified atom stereocenters. The van der Waals surface area contributed by atoms with Crippen molar-refractivity contribution in [2.45, 2.75) is 0 Å². The van der Waals surface area contributed by atoms with E-state index < -0.39 is 0 Å². The smallest absolute Gasteiger partial charge is 0.368 e. The summed E-state index contributed by atoms with van der Waals surface area (Å²) in [6.07, 6.45) is 0. The lowest BCUT2D eigenvalue weighted by atomic mass is 10.1. The highest BCUT2D eigenvalue weighted by Gasteiger charge is 2.19. The topological polar surface area (TPSA) is 81.2 Å². The number of phenolic OH excluding ortho intramolecular Hbond substituents is 3. The lowest BCUT2D eigenvalue weighted by Crippen LogP contribution is -1.85. The van der Waals surface area contributed by atoms with E-state index in [1.807, 2.05) is 0 Å². The molecule has 3 aromatic rings. The largest absolute Gasteiger partial charge is 0.507 e. The van der Waals surface area contributed by atoms with Crippen LogP contribution in [-0.2, 0) is 0 Å². The van der Waals surface area contributed by atoms with Crippen LogP contribution >= 0.6 is 0 Å². The van der Waals surface area contributed by atoms with Crippen molar-refractivity contribution in [3.8, 4) is 34.3 Å². The van der Waals surface area contributed by atoms with Crippen LogP contribution in [0.5, 0.6) is 23.0 Å². The quantitative estimate of drug-likeness (QED) is 0.628. The summed E-state index contributed by atoms with van der Waals surface area (Å²) in [4.78, 5) is 0. The summed E-state index contributed by atoms with van der Waals surface area (Å²) >= 11 is 0. The number of aromatic hydroxyl groups is 3. The molecule has 0 spiro atoms. The van der Waals surface area contributed by atoms with Gasteiger partial charge in [0, 0.05) is 18.2 Å². The van der Waals surface area contributed by atoms with Crippen molar-refractivity contribution in [3.05, 3.63) is 42.5 Å². The number of methoxy groups -OCH3 is 1. The molecule has 106 valence electrons. The zero-order valence-corrected chi connectivity index (χ0v) is 11.2. The molecule has 1 aromatic heterocycles. The van der Waals surface area contributed by atoms with Crippen molar-refractivity contribution in [1.29, 1.82) is 0 Å². The predicted octanol–water partition coefficient (Wildman–Crippen LogP) is 3.51. The van der Waals surface area contributed by atoms with Gasteiger partial charge in [-0.2, -0.15) is 0 Å². The van der Waals surface area contributed by atoms with Crippen molar-refractivity contribution < 1.29 is 24.5 Å². The van der Waals surface area contributed by atoms with E-state index in [9.17, 15) is 15.3 Å². The Hall–Kier alpha value is -2.95. The molecule has 0 saturated carbocycles. The highest BCUT2D eigenvalue weighted by Crippen LogP contribution is 2.35. The summed E-state index contributed by atoms with van der Waals surface area (Å²) in [5.74, 6) is 0.723. The molecule has 3 rings (SSSR count). The molecule has 0 bridgehead atoms. The molecule has 1 heterocycles. The number of hydrogen-bond donors (Lipinski definition) is 3. The van der Waals surface area contributed by atoms with Crippen molar-refractivity contribution >= 4 is 11.0 Å². The number of fused-ring (bicyclic) bond motifs is 1. The standard InChI is InChI=1S/C16H12O5/c1-20-15-4-2-9(6-13(15)19)14-5-3-11-12(18)7-10(17)8-16(11)21-14/h2-8H,1H3,(H2-,17,18,19)/p+1. The van der Waals surface area contributed by atoms with E-state index in [1.165, 1.54) is 25.3 Å². The highest BCUT2D eigenvalue weighted by molar-refractivity contribution is 5.86. The molecule has 21 heavy (non-hydrogen) atoms. The Morgan fingerprint density at radius 1 is 0.905 bits per heavy atom. The molecule has 0 aliphatic heterocycles. The van der Waals surface area contributed by atoms with Gasteiger partial charge < -0.3 is 20.1 Å². The molecular weight excluding hydrogens is 272 g/mol. The summed E-state index contributed by atoms with van der Waals surface area (Å²) in [5.41, 5.74) is 0.998. The van der Waals surface area contributed by atoms with Crippen LogP contribution < -0.4 is 4.74 Å². The summed E-state index contributed by atoms with van der Waals surface area (Å²) in [7, 11) is 1.47. The van der Waals surface area contributed by atoms with E-state index in [2.05, 4.69) is 0 Å².